The molecule has 3 rings (SSSR count). The van der Waals surface area contributed by atoms with Crippen LogP contribution in [0.25, 0.3) is 0 Å². The predicted octanol–water partition coefficient (Wildman–Crippen LogP) is 6.27. The Hall–Kier alpha value is -4.34. The number of imide groups is 1. The number of pyridine rings is 1. The fraction of sp³-hybridized carbons (Fsp3) is 0.160. The largest absolute Gasteiger partial charge is 0.573 e. The van der Waals surface area contributed by atoms with E-state index in [9.17, 15) is 22.8 Å². The Kier molecular flexibility index (Phi) is 11.5. The van der Waals surface area contributed by atoms with Crippen LogP contribution in [-0.4, -0.2) is 41.1 Å². The summed E-state index contributed by atoms with van der Waals surface area (Å²) in [6.07, 6.45) is -1.34. The number of aromatic nitrogens is 1. The van der Waals surface area contributed by atoms with Gasteiger partial charge in [0.2, 0.25) is 6.19 Å². The lowest BCUT2D eigenvalue weighted by atomic mass is 10.2. The van der Waals surface area contributed by atoms with Gasteiger partial charge in [-0.05, 0) is 55.0 Å². The number of amides is 3. The predicted molar refractivity (Wildman–Crippen MR) is 140 cm³/mol. The second-order valence-electron chi connectivity index (χ2n) is 7.56. The average molecular weight is 581 g/mol. The molecule has 1 aromatic heterocycles. The van der Waals surface area contributed by atoms with E-state index < -0.39 is 24.1 Å². The number of aliphatic imine (C=N–C) groups is 1. The minimum absolute atomic E-state index is 0.114. The smallest absolute Gasteiger partial charge is 0.406 e. The van der Waals surface area contributed by atoms with E-state index in [-0.39, 0.29) is 16.3 Å². The molecule has 0 fully saturated rings. The number of alkyl halides is 3. The number of carbonyl (C=O) groups excluding carboxylic acids is 2. The van der Waals surface area contributed by atoms with Gasteiger partial charge in [0, 0.05) is 25.5 Å². The zero-order valence-electron chi connectivity index (χ0n) is 20.5. The van der Waals surface area contributed by atoms with Crippen molar-refractivity contribution >= 4 is 46.7 Å². The topological polar surface area (TPSA) is 120 Å². The second kappa shape index (κ2) is 14.6. The van der Waals surface area contributed by atoms with Gasteiger partial charge in [-0.3, -0.25) is 10.1 Å². The van der Waals surface area contributed by atoms with Crippen LogP contribution in [0.5, 0.6) is 5.75 Å². The summed E-state index contributed by atoms with van der Waals surface area (Å²) in [6.45, 7) is 2.44. The van der Waals surface area contributed by atoms with Gasteiger partial charge in [-0.2, -0.15) is 10.3 Å². The van der Waals surface area contributed by atoms with Crippen molar-refractivity contribution in [3.05, 3.63) is 88.2 Å². The van der Waals surface area contributed by atoms with Gasteiger partial charge >= 0.3 is 12.4 Å². The summed E-state index contributed by atoms with van der Waals surface area (Å²) >= 11 is 11.5. The minimum Gasteiger partial charge on any atom is -0.406 e. The number of anilines is 1. The normalized spacial score (nSPS) is 10.9. The van der Waals surface area contributed by atoms with E-state index >= 15 is 0 Å². The Balaban J connectivity index is 0.000000306. The molecule has 0 bridgehead atoms. The van der Waals surface area contributed by atoms with Gasteiger partial charge in [-0.25, -0.2) is 9.78 Å². The zero-order chi connectivity index (χ0) is 29.0. The van der Waals surface area contributed by atoms with Crippen molar-refractivity contribution in [2.45, 2.75) is 19.8 Å². The van der Waals surface area contributed by atoms with Crippen LogP contribution in [0.1, 0.15) is 22.8 Å². The van der Waals surface area contributed by atoms with E-state index in [4.69, 9.17) is 28.5 Å². The van der Waals surface area contributed by atoms with Gasteiger partial charge in [0.1, 0.15) is 16.7 Å². The lowest BCUT2D eigenvalue weighted by molar-refractivity contribution is -0.274. The van der Waals surface area contributed by atoms with Gasteiger partial charge in [0.15, 0.2) is 0 Å². The molecule has 3 amide bonds. The molecule has 0 saturated heterocycles. The lowest BCUT2D eigenvalue weighted by Gasteiger charge is -2.17. The molecule has 0 unspecified atom stereocenters. The van der Waals surface area contributed by atoms with Crippen molar-refractivity contribution in [1.82, 2.24) is 15.2 Å². The highest BCUT2D eigenvalue weighted by Gasteiger charge is 2.31. The summed E-state index contributed by atoms with van der Waals surface area (Å²) in [4.78, 5) is 33.1. The SMILES string of the molecule is CC(=NC#N)N(C)Cc1ccc(Cl)nc1.O=C(NC(=O)c1ccccc1Cl)Nc1ccc(OC(F)(F)F)cc1. The number of urea groups is 1. The monoisotopic (exact) mass is 580 g/mol. The maximum Gasteiger partial charge on any atom is 0.573 e. The number of rotatable bonds is 5. The van der Waals surface area contributed by atoms with Gasteiger partial charge in [0.05, 0.1) is 10.6 Å². The molecular weight excluding hydrogens is 560 g/mol. The highest BCUT2D eigenvalue weighted by molar-refractivity contribution is 6.34. The van der Waals surface area contributed by atoms with E-state index in [1.165, 1.54) is 24.3 Å². The fourth-order valence-corrected chi connectivity index (χ4v) is 3.10. The molecule has 2 N–H and O–H groups in total. The van der Waals surface area contributed by atoms with Crippen LogP contribution >= 0.6 is 23.2 Å². The summed E-state index contributed by atoms with van der Waals surface area (Å²) in [5.74, 6) is -0.469. The minimum atomic E-state index is -4.80. The Labute approximate surface area is 231 Å². The van der Waals surface area contributed by atoms with Crippen molar-refractivity contribution in [1.29, 1.82) is 5.26 Å². The molecule has 39 heavy (non-hydrogen) atoms. The van der Waals surface area contributed by atoms with E-state index in [1.807, 2.05) is 18.0 Å². The van der Waals surface area contributed by atoms with Crippen LogP contribution in [0, 0.1) is 11.5 Å². The molecule has 9 nitrogen and oxygen atoms in total. The molecule has 0 atom stereocenters. The molecule has 2 aromatic carbocycles. The molecule has 0 aliphatic rings. The molecule has 0 aliphatic carbocycles. The number of amidine groups is 1. The number of benzene rings is 2. The fourth-order valence-electron chi connectivity index (χ4n) is 2.76. The highest BCUT2D eigenvalue weighted by atomic mass is 35.5. The number of hydrogen-bond donors (Lipinski definition) is 2. The first-order chi connectivity index (χ1) is 18.4. The number of nitrogens with zero attached hydrogens (tertiary/aromatic N) is 4. The van der Waals surface area contributed by atoms with Crippen LogP contribution in [0.4, 0.5) is 23.7 Å². The van der Waals surface area contributed by atoms with Crippen LogP contribution in [-0.2, 0) is 6.54 Å². The van der Waals surface area contributed by atoms with Crippen LogP contribution in [0.3, 0.4) is 0 Å². The van der Waals surface area contributed by atoms with E-state index in [1.54, 1.807) is 37.5 Å². The Morgan fingerprint density at radius 1 is 1.10 bits per heavy atom. The molecule has 3 aromatic rings. The molecule has 1 heterocycles. The van der Waals surface area contributed by atoms with Crippen molar-refractivity contribution in [2.75, 3.05) is 12.4 Å². The number of ether oxygens (including phenoxy) is 1. The molecular formula is C25H21Cl2F3N6O3. The molecule has 0 radical (unpaired) electrons. The number of halogens is 5. The Morgan fingerprint density at radius 2 is 1.77 bits per heavy atom. The molecule has 0 saturated carbocycles. The number of carbonyl (C=O) groups is 2. The van der Waals surface area contributed by atoms with E-state index in [0.29, 0.717) is 17.5 Å². The van der Waals surface area contributed by atoms with Gasteiger partial charge in [-0.15, -0.1) is 13.2 Å². The van der Waals surface area contributed by atoms with Gasteiger partial charge < -0.3 is 15.0 Å². The lowest BCUT2D eigenvalue weighted by Crippen LogP contribution is -2.34. The standard InChI is InChI=1S/C15H10ClF3N2O3.C10H11ClN4/c16-12-4-2-1-3-11(12)13(22)21-14(23)20-9-5-7-10(8-6-9)24-15(17,18)19;1-8(14-7-12)15(2)6-9-3-4-10(11)13-5-9/h1-8H,(H2,20,21,22,23);3-5H,6H2,1-2H3. The van der Waals surface area contributed by atoms with Crippen LogP contribution in [0.2, 0.25) is 10.2 Å². The summed E-state index contributed by atoms with van der Waals surface area (Å²) in [7, 11) is 1.87. The molecule has 0 aliphatic heterocycles. The summed E-state index contributed by atoms with van der Waals surface area (Å²) < 4.78 is 39.8. The first kappa shape index (κ1) is 30.9. The van der Waals surface area contributed by atoms with Crippen molar-refractivity contribution in [2.24, 2.45) is 4.99 Å². The summed E-state index contributed by atoms with van der Waals surface area (Å²) in [5.41, 5.74) is 1.31. The maximum atomic E-state index is 12.0. The third-order valence-corrected chi connectivity index (χ3v) is 5.22. The molecule has 14 heteroatoms. The first-order valence-corrected chi connectivity index (χ1v) is 11.6. The average Bonchev–Trinajstić information content (AvgIpc) is 2.86. The molecule has 0 spiro atoms. The molecule has 204 valence electrons. The van der Waals surface area contributed by atoms with Gasteiger partial charge in [-0.1, -0.05) is 41.4 Å². The van der Waals surface area contributed by atoms with Crippen molar-refractivity contribution in [3.8, 4) is 11.9 Å². The first-order valence-electron chi connectivity index (χ1n) is 10.9. The van der Waals surface area contributed by atoms with E-state index in [0.717, 1.165) is 17.7 Å². The van der Waals surface area contributed by atoms with Crippen molar-refractivity contribution < 1.29 is 27.5 Å². The quantitative estimate of drug-likeness (QED) is 0.159. The Bertz CT molecular complexity index is 1340. The maximum absolute atomic E-state index is 12.0. The second-order valence-corrected chi connectivity index (χ2v) is 8.36. The number of nitriles is 1. The summed E-state index contributed by atoms with van der Waals surface area (Å²) in [6, 6.07) is 13.4. The van der Waals surface area contributed by atoms with Crippen LogP contribution < -0.4 is 15.4 Å². The number of hydrogen-bond acceptors (Lipinski definition) is 6. The Morgan fingerprint density at radius 3 is 2.33 bits per heavy atom. The van der Waals surface area contributed by atoms with Gasteiger partial charge in [0.25, 0.3) is 5.91 Å². The third kappa shape index (κ3) is 11.3. The highest BCUT2D eigenvalue weighted by Crippen LogP contribution is 2.24. The van der Waals surface area contributed by atoms with E-state index in [2.05, 4.69) is 25.3 Å². The van der Waals surface area contributed by atoms with Crippen LogP contribution in [0.15, 0.2) is 71.9 Å². The zero-order valence-corrected chi connectivity index (χ0v) is 22.0. The summed E-state index contributed by atoms with van der Waals surface area (Å²) in [5, 5.41) is 13.4. The number of nitrogens with one attached hydrogen (secondary N) is 2. The van der Waals surface area contributed by atoms with Crippen molar-refractivity contribution in [3.63, 3.8) is 0 Å². The third-order valence-electron chi connectivity index (χ3n) is 4.66.